The summed E-state index contributed by atoms with van der Waals surface area (Å²) in [6.07, 6.45) is -0.632. The van der Waals surface area contributed by atoms with E-state index in [4.69, 9.17) is 0 Å². The maximum atomic E-state index is 10.0. The summed E-state index contributed by atoms with van der Waals surface area (Å²) in [6, 6.07) is 0. The van der Waals surface area contributed by atoms with Crippen LogP contribution in [0.5, 0.6) is 0 Å². The van der Waals surface area contributed by atoms with E-state index in [1.54, 1.807) is 0 Å². The second-order valence-corrected chi connectivity index (χ2v) is 2.32. The van der Waals surface area contributed by atoms with Crippen LogP contribution >= 0.6 is 0 Å². The molecule has 0 heterocycles. The Morgan fingerprint density at radius 1 is 1.08 bits per heavy atom. The standard InChI is InChI=1S/C5H10O2.C3H6O3/c1-4(2)7-5(3)6;1-5-3(4)6-2/h4H,1-3H3;1-2H3. The summed E-state index contributed by atoms with van der Waals surface area (Å²) in [4.78, 5) is 19.8. The van der Waals surface area contributed by atoms with Gasteiger partial charge in [0, 0.05) is 6.92 Å². The van der Waals surface area contributed by atoms with Gasteiger partial charge in [-0.3, -0.25) is 4.79 Å². The van der Waals surface area contributed by atoms with Crippen LogP contribution in [0.1, 0.15) is 20.8 Å². The Morgan fingerprint density at radius 2 is 1.46 bits per heavy atom. The predicted octanol–water partition coefficient (Wildman–Crippen LogP) is 1.36. The van der Waals surface area contributed by atoms with Crippen LogP contribution < -0.4 is 0 Å². The zero-order chi connectivity index (χ0) is 10.9. The van der Waals surface area contributed by atoms with Crippen LogP contribution in [0.4, 0.5) is 4.79 Å². The molecular weight excluding hydrogens is 176 g/mol. The number of carbonyl (C=O) groups excluding carboxylic acids is 2. The molecule has 13 heavy (non-hydrogen) atoms. The number of hydrogen-bond acceptors (Lipinski definition) is 5. The number of hydrogen-bond donors (Lipinski definition) is 0. The van der Waals surface area contributed by atoms with Gasteiger partial charge in [0.2, 0.25) is 0 Å². The van der Waals surface area contributed by atoms with E-state index >= 15 is 0 Å². The molecule has 0 amide bonds. The predicted molar refractivity (Wildman–Crippen MR) is 46.3 cm³/mol. The van der Waals surface area contributed by atoms with Crippen molar-refractivity contribution in [2.45, 2.75) is 26.9 Å². The lowest BCUT2D eigenvalue weighted by Gasteiger charge is -2.01. The van der Waals surface area contributed by atoms with Crippen LogP contribution in [0.2, 0.25) is 0 Å². The van der Waals surface area contributed by atoms with Gasteiger partial charge in [-0.05, 0) is 13.8 Å². The van der Waals surface area contributed by atoms with E-state index in [2.05, 4.69) is 14.2 Å². The summed E-state index contributed by atoms with van der Waals surface area (Å²) in [7, 11) is 2.51. The Balaban J connectivity index is 0. The van der Waals surface area contributed by atoms with Gasteiger partial charge < -0.3 is 14.2 Å². The fourth-order valence-electron chi connectivity index (χ4n) is 0.415. The minimum Gasteiger partial charge on any atom is -0.463 e. The average molecular weight is 192 g/mol. The van der Waals surface area contributed by atoms with E-state index in [0.717, 1.165) is 0 Å². The van der Waals surface area contributed by atoms with Gasteiger partial charge in [-0.25, -0.2) is 4.79 Å². The number of carbonyl (C=O) groups is 2. The molecule has 0 aromatic carbocycles. The van der Waals surface area contributed by atoms with Gasteiger partial charge in [0.15, 0.2) is 0 Å². The monoisotopic (exact) mass is 192 g/mol. The first kappa shape index (κ1) is 14.3. The molecule has 0 bridgehead atoms. The molecule has 0 atom stereocenters. The van der Waals surface area contributed by atoms with Crippen LogP contribution in [0, 0.1) is 0 Å². The number of ether oxygens (including phenoxy) is 3. The maximum absolute atomic E-state index is 10.0. The Bertz CT molecular complexity index is 147. The lowest BCUT2D eigenvalue weighted by molar-refractivity contribution is -0.144. The zero-order valence-corrected chi connectivity index (χ0v) is 8.62. The van der Waals surface area contributed by atoms with Crippen molar-refractivity contribution in [3.05, 3.63) is 0 Å². The van der Waals surface area contributed by atoms with Crippen LogP contribution in [0.25, 0.3) is 0 Å². The normalized spacial score (nSPS) is 8.15. The first-order valence-electron chi connectivity index (χ1n) is 3.73. The van der Waals surface area contributed by atoms with Gasteiger partial charge in [0.1, 0.15) is 0 Å². The largest absolute Gasteiger partial charge is 0.507 e. The molecule has 0 radical (unpaired) electrons. The highest BCUT2D eigenvalue weighted by Gasteiger charge is 1.93. The highest BCUT2D eigenvalue weighted by molar-refractivity contribution is 5.66. The maximum Gasteiger partial charge on any atom is 0.507 e. The Hall–Kier alpha value is -1.26. The van der Waals surface area contributed by atoms with Crippen molar-refractivity contribution in [3.63, 3.8) is 0 Å². The van der Waals surface area contributed by atoms with E-state index in [1.165, 1.54) is 21.1 Å². The van der Waals surface area contributed by atoms with Gasteiger partial charge in [0.25, 0.3) is 0 Å². The lowest BCUT2D eigenvalue weighted by Crippen LogP contribution is -2.06. The van der Waals surface area contributed by atoms with Gasteiger partial charge in [-0.2, -0.15) is 0 Å². The fraction of sp³-hybridized carbons (Fsp3) is 0.750. The van der Waals surface area contributed by atoms with E-state index < -0.39 is 6.16 Å². The fourth-order valence-corrected chi connectivity index (χ4v) is 0.415. The van der Waals surface area contributed by atoms with E-state index in [1.807, 2.05) is 13.8 Å². The van der Waals surface area contributed by atoms with Crippen LogP contribution in [0.15, 0.2) is 0 Å². The average Bonchev–Trinajstić information content (AvgIpc) is 2.01. The van der Waals surface area contributed by atoms with Crippen molar-refractivity contribution < 1.29 is 23.8 Å². The third-order valence-electron chi connectivity index (χ3n) is 0.735. The molecule has 5 heteroatoms. The Kier molecular flexibility index (Phi) is 9.70. The molecule has 0 aliphatic heterocycles. The molecule has 0 rings (SSSR count). The molecule has 0 unspecified atom stereocenters. The van der Waals surface area contributed by atoms with Gasteiger partial charge in [0.05, 0.1) is 20.3 Å². The summed E-state index contributed by atoms with van der Waals surface area (Å²) in [5, 5.41) is 0. The molecule has 78 valence electrons. The van der Waals surface area contributed by atoms with Crippen molar-refractivity contribution in [2.24, 2.45) is 0 Å². The second kappa shape index (κ2) is 8.83. The van der Waals surface area contributed by atoms with Crippen molar-refractivity contribution in [2.75, 3.05) is 14.2 Å². The molecule has 5 nitrogen and oxygen atoms in total. The van der Waals surface area contributed by atoms with Crippen LogP contribution in [0.3, 0.4) is 0 Å². The minimum atomic E-state index is -0.657. The quantitative estimate of drug-likeness (QED) is 0.587. The summed E-state index contributed by atoms with van der Waals surface area (Å²) in [6.45, 7) is 5.04. The zero-order valence-electron chi connectivity index (χ0n) is 8.62. The highest BCUT2D eigenvalue weighted by atomic mass is 16.7. The number of rotatable bonds is 1. The first-order valence-corrected chi connectivity index (χ1v) is 3.73. The molecule has 0 aliphatic carbocycles. The molecule has 0 aliphatic rings. The second-order valence-electron chi connectivity index (χ2n) is 2.32. The smallest absolute Gasteiger partial charge is 0.463 e. The van der Waals surface area contributed by atoms with Crippen molar-refractivity contribution in [1.82, 2.24) is 0 Å². The molecule has 0 fully saturated rings. The van der Waals surface area contributed by atoms with Gasteiger partial charge in [-0.1, -0.05) is 0 Å². The van der Waals surface area contributed by atoms with E-state index in [0.29, 0.717) is 0 Å². The molecular formula is C8H16O5. The third-order valence-corrected chi connectivity index (χ3v) is 0.735. The molecule has 0 saturated heterocycles. The molecule has 0 saturated carbocycles. The van der Waals surface area contributed by atoms with E-state index in [9.17, 15) is 9.59 Å². The van der Waals surface area contributed by atoms with Crippen LogP contribution in [-0.4, -0.2) is 32.4 Å². The van der Waals surface area contributed by atoms with Gasteiger partial charge in [-0.15, -0.1) is 0 Å². The third kappa shape index (κ3) is 18.1. The van der Waals surface area contributed by atoms with Crippen molar-refractivity contribution in [1.29, 1.82) is 0 Å². The summed E-state index contributed by atoms with van der Waals surface area (Å²) in [5.74, 6) is -0.213. The Labute approximate surface area is 78.0 Å². The van der Waals surface area contributed by atoms with Crippen molar-refractivity contribution in [3.8, 4) is 0 Å². The molecule has 0 spiro atoms. The topological polar surface area (TPSA) is 61.8 Å². The van der Waals surface area contributed by atoms with E-state index in [-0.39, 0.29) is 12.1 Å². The molecule has 0 N–H and O–H groups in total. The minimum absolute atomic E-state index is 0.0255. The van der Waals surface area contributed by atoms with Crippen molar-refractivity contribution >= 4 is 12.1 Å². The SMILES string of the molecule is CC(=O)OC(C)C.COC(=O)OC. The summed E-state index contributed by atoms with van der Waals surface area (Å²) >= 11 is 0. The lowest BCUT2D eigenvalue weighted by atomic mass is 10.5. The first-order chi connectivity index (χ1) is 5.93. The Morgan fingerprint density at radius 3 is 1.46 bits per heavy atom. The summed E-state index contributed by atoms with van der Waals surface area (Å²) < 4.78 is 12.7. The highest BCUT2D eigenvalue weighted by Crippen LogP contribution is 1.85. The number of esters is 1. The number of methoxy groups -OCH3 is 2. The molecule has 0 aromatic rings. The molecule has 0 aromatic heterocycles. The van der Waals surface area contributed by atoms with Gasteiger partial charge >= 0.3 is 12.1 Å². The van der Waals surface area contributed by atoms with Crippen LogP contribution in [-0.2, 0) is 19.0 Å². The summed E-state index contributed by atoms with van der Waals surface area (Å²) in [5.41, 5.74) is 0.